The summed E-state index contributed by atoms with van der Waals surface area (Å²) >= 11 is 1.96. The van der Waals surface area contributed by atoms with Crippen LogP contribution in [0, 0.1) is 3.57 Å². The summed E-state index contributed by atoms with van der Waals surface area (Å²) in [5.41, 5.74) is 0.322. The molecule has 0 atom stereocenters. The normalized spacial score (nSPS) is 10.9. The van der Waals surface area contributed by atoms with Gasteiger partial charge in [-0.25, -0.2) is 4.79 Å². The smallest absolute Gasteiger partial charge is 0.300 e. The number of aromatic nitrogens is 4. The van der Waals surface area contributed by atoms with Gasteiger partial charge in [-0.1, -0.05) is 0 Å². The molecule has 0 fully saturated rings. The van der Waals surface area contributed by atoms with E-state index >= 15 is 0 Å². The highest BCUT2D eigenvalue weighted by atomic mass is 127. The number of hydrogen-bond donors (Lipinski definition) is 0. The maximum absolute atomic E-state index is 12.1. The molecular formula is C12H15IN4O2. The molecule has 0 amide bonds. The largest absolute Gasteiger partial charge is 0.331 e. The van der Waals surface area contributed by atoms with E-state index in [1.807, 2.05) is 42.6 Å². The van der Waals surface area contributed by atoms with Gasteiger partial charge in [-0.15, -0.1) is 0 Å². The molecule has 2 rings (SSSR count). The van der Waals surface area contributed by atoms with Crippen molar-refractivity contribution >= 4 is 22.6 Å². The summed E-state index contributed by atoms with van der Waals surface area (Å²) in [6.45, 7) is 5.43. The minimum absolute atomic E-state index is 0.250. The van der Waals surface area contributed by atoms with Crippen molar-refractivity contribution in [2.24, 2.45) is 0 Å². The van der Waals surface area contributed by atoms with Gasteiger partial charge in [0.15, 0.2) is 0 Å². The van der Waals surface area contributed by atoms with Gasteiger partial charge in [0.25, 0.3) is 5.56 Å². The van der Waals surface area contributed by atoms with Gasteiger partial charge in [-0.2, -0.15) is 5.10 Å². The van der Waals surface area contributed by atoms with Crippen molar-refractivity contribution in [3.8, 4) is 0 Å². The molecule has 102 valence electrons. The Morgan fingerprint density at radius 3 is 2.53 bits per heavy atom. The lowest BCUT2D eigenvalue weighted by Crippen LogP contribution is -2.40. The van der Waals surface area contributed by atoms with E-state index < -0.39 is 0 Å². The Balaban J connectivity index is 2.47. The van der Waals surface area contributed by atoms with Gasteiger partial charge >= 0.3 is 5.69 Å². The maximum atomic E-state index is 12.1. The third-order valence-corrected chi connectivity index (χ3v) is 3.63. The van der Waals surface area contributed by atoms with E-state index in [2.05, 4.69) is 5.10 Å². The van der Waals surface area contributed by atoms with E-state index in [4.69, 9.17) is 0 Å². The molecule has 0 aliphatic rings. The predicted octanol–water partition coefficient (Wildman–Crippen LogP) is 0.899. The molecule has 2 aromatic heterocycles. The summed E-state index contributed by atoms with van der Waals surface area (Å²) in [5.74, 6) is 0. The molecule has 0 radical (unpaired) electrons. The number of nitrogens with zero attached hydrogens (tertiary/aromatic N) is 4. The molecule has 0 aliphatic heterocycles. The molecule has 0 saturated heterocycles. The number of halogens is 1. The van der Waals surface area contributed by atoms with Crippen molar-refractivity contribution < 1.29 is 0 Å². The zero-order valence-electron chi connectivity index (χ0n) is 10.8. The second kappa shape index (κ2) is 5.72. The van der Waals surface area contributed by atoms with Crippen LogP contribution in [0.2, 0.25) is 0 Å². The molecular weight excluding hydrogens is 359 g/mol. The fourth-order valence-corrected chi connectivity index (χ4v) is 2.46. The summed E-state index contributed by atoms with van der Waals surface area (Å²) < 4.78 is 5.10. The van der Waals surface area contributed by atoms with Gasteiger partial charge in [0.1, 0.15) is 0 Å². The highest BCUT2D eigenvalue weighted by Gasteiger charge is 2.10. The van der Waals surface area contributed by atoms with Crippen molar-refractivity contribution in [2.75, 3.05) is 0 Å². The first kappa shape index (κ1) is 14.0. The van der Waals surface area contributed by atoms with E-state index in [0.29, 0.717) is 10.1 Å². The zero-order valence-corrected chi connectivity index (χ0v) is 13.0. The van der Waals surface area contributed by atoms with Crippen LogP contribution in [0.3, 0.4) is 0 Å². The minimum atomic E-state index is -0.280. The zero-order chi connectivity index (χ0) is 14.0. The van der Waals surface area contributed by atoms with E-state index in [1.165, 1.54) is 9.13 Å². The van der Waals surface area contributed by atoms with E-state index in [-0.39, 0.29) is 17.8 Å². The fourth-order valence-electron chi connectivity index (χ4n) is 1.83. The number of hydrogen-bond acceptors (Lipinski definition) is 3. The Morgan fingerprint density at radius 1 is 1.21 bits per heavy atom. The van der Waals surface area contributed by atoms with Crippen LogP contribution < -0.4 is 11.2 Å². The lowest BCUT2D eigenvalue weighted by molar-refractivity contribution is 0.594. The van der Waals surface area contributed by atoms with Crippen LogP contribution in [0.15, 0.2) is 28.2 Å². The van der Waals surface area contributed by atoms with E-state index in [0.717, 1.165) is 12.1 Å². The van der Waals surface area contributed by atoms with Gasteiger partial charge in [0, 0.05) is 31.0 Å². The van der Waals surface area contributed by atoms with Crippen LogP contribution in [0.25, 0.3) is 0 Å². The Kier molecular flexibility index (Phi) is 4.23. The first-order valence-electron chi connectivity index (χ1n) is 6.08. The second-order valence-electron chi connectivity index (χ2n) is 4.14. The van der Waals surface area contributed by atoms with Crippen LogP contribution in [-0.2, 0) is 19.6 Å². The quantitative estimate of drug-likeness (QED) is 0.748. The van der Waals surface area contributed by atoms with Crippen LogP contribution in [0.5, 0.6) is 0 Å². The topological polar surface area (TPSA) is 61.8 Å². The minimum Gasteiger partial charge on any atom is -0.300 e. The van der Waals surface area contributed by atoms with E-state index in [1.54, 1.807) is 17.1 Å². The molecule has 0 aliphatic carbocycles. The molecule has 19 heavy (non-hydrogen) atoms. The van der Waals surface area contributed by atoms with Crippen LogP contribution >= 0.6 is 22.6 Å². The van der Waals surface area contributed by atoms with Gasteiger partial charge in [0.05, 0.1) is 16.3 Å². The summed E-state index contributed by atoms with van der Waals surface area (Å²) in [4.78, 5) is 24.2. The van der Waals surface area contributed by atoms with Crippen molar-refractivity contribution in [2.45, 2.75) is 33.5 Å². The lowest BCUT2D eigenvalue weighted by Gasteiger charge is -2.08. The van der Waals surface area contributed by atoms with Crippen LogP contribution in [0.4, 0.5) is 0 Å². The monoisotopic (exact) mass is 374 g/mol. The van der Waals surface area contributed by atoms with E-state index in [9.17, 15) is 9.59 Å². The standard InChI is InChI=1S/C12H15IN4O2/c1-3-15-8-10(13)11(18)17(12(15)19)7-9-5-14-16(4-2)6-9/h5-6,8H,3-4,7H2,1-2H3. The Labute approximate surface area is 123 Å². The molecule has 6 nitrogen and oxygen atoms in total. The molecule has 0 spiro atoms. The summed E-state index contributed by atoms with van der Waals surface area (Å²) in [5, 5.41) is 4.15. The summed E-state index contributed by atoms with van der Waals surface area (Å²) in [6.07, 6.45) is 5.13. The summed E-state index contributed by atoms with van der Waals surface area (Å²) in [6, 6.07) is 0. The molecule has 0 saturated carbocycles. The third-order valence-electron chi connectivity index (χ3n) is 2.89. The maximum Gasteiger partial charge on any atom is 0.331 e. The molecule has 7 heteroatoms. The molecule has 0 unspecified atom stereocenters. The highest BCUT2D eigenvalue weighted by molar-refractivity contribution is 14.1. The van der Waals surface area contributed by atoms with Gasteiger partial charge in [-0.05, 0) is 36.4 Å². The van der Waals surface area contributed by atoms with Crippen LogP contribution in [-0.4, -0.2) is 18.9 Å². The number of aryl methyl sites for hydroxylation is 2. The molecule has 2 heterocycles. The van der Waals surface area contributed by atoms with Crippen molar-refractivity contribution in [1.82, 2.24) is 18.9 Å². The predicted molar refractivity (Wildman–Crippen MR) is 80.4 cm³/mol. The lowest BCUT2D eigenvalue weighted by atomic mass is 10.3. The Morgan fingerprint density at radius 2 is 1.95 bits per heavy atom. The second-order valence-corrected chi connectivity index (χ2v) is 5.30. The average molecular weight is 374 g/mol. The summed E-state index contributed by atoms with van der Waals surface area (Å²) in [7, 11) is 0. The Hall–Kier alpha value is -1.38. The van der Waals surface area contributed by atoms with Crippen molar-refractivity contribution in [1.29, 1.82) is 0 Å². The molecule has 0 bridgehead atoms. The molecule has 0 aromatic carbocycles. The molecule has 2 aromatic rings. The third kappa shape index (κ3) is 2.80. The SMILES string of the molecule is CCn1cc(Cn2c(=O)c(I)cn(CC)c2=O)cn1. The van der Waals surface area contributed by atoms with Crippen LogP contribution in [0.1, 0.15) is 19.4 Å². The molecule has 0 N–H and O–H groups in total. The van der Waals surface area contributed by atoms with Gasteiger partial charge in [-0.3, -0.25) is 18.6 Å². The first-order valence-corrected chi connectivity index (χ1v) is 7.15. The number of rotatable bonds is 4. The van der Waals surface area contributed by atoms with Gasteiger partial charge in [0.2, 0.25) is 0 Å². The van der Waals surface area contributed by atoms with Crippen molar-refractivity contribution in [3.05, 3.63) is 48.6 Å². The fraction of sp³-hybridized carbons (Fsp3) is 0.417. The van der Waals surface area contributed by atoms with Gasteiger partial charge < -0.3 is 0 Å². The average Bonchev–Trinajstić information content (AvgIpc) is 2.86. The Bertz CT molecular complexity index is 698. The highest BCUT2D eigenvalue weighted by Crippen LogP contribution is 2.00. The first-order chi connectivity index (χ1) is 9.06. The van der Waals surface area contributed by atoms with Crippen molar-refractivity contribution in [3.63, 3.8) is 0 Å².